The van der Waals surface area contributed by atoms with Crippen molar-refractivity contribution >= 4 is 27.3 Å². The summed E-state index contributed by atoms with van der Waals surface area (Å²) < 4.78 is 65.5. The Morgan fingerprint density at radius 1 is 1.15 bits per heavy atom. The Kier molecular flexibility index (Phi) is 4.43. The Balaban J connectivity index is 1.90. The lowest BCUT2D eigenvalue weighted by Gasteiger charge is -2.15. The molecule has 1 heterocycles. The summed E-state index contributed by atoms with van der Waals surface area (Å²) in [6.45, 7) is 2.33. The van der Waals surface area contributed by atoms with E-state index in [1.807, 2.05) is 6.92 Å². The maximum absolute atomic E-state index is 12.8. The molecule has 26 heavy (non-hydrogen) atoms. The molecule has 0 aliphatic carbocycles. The summed E-state index contributed by atoms with van der Waals surface area (Å²) in [6.07, 6.45) is -4.48. The van der Waals surface area contributed by atoms with Crippen molar-refractivity contribution in [2.45, 2.75) is 24.4 Å². The predicted octanol–water partition coefficient (Wildman–Crippen LogP) is 3.42. The summed E-state index contributed by atoms with van der Waals surface area (Å²) in [6, 6.07) is 8.13. The summed E-state index contributed by atoms with van der Waals surface area (Å²) in [4.78, 5) is 13.0. The minimum Gasteiger partial charge on any atom is -0.312 e. The first-order valence-electron chi connectivity index (χ1n) is 7.75. The van der Waals surface area contributed by atoms with Crippen LogP contribution in [-0.4, -0.2) is 20.9 Å². The third-order valence-corrected chi connectivity index (χ3v) is 5.43. The van der Waals surface area contributed by atoms with Gasteiger partial charge in [-0.1, -0.05) is 6.07 Å². The minimum atomic E-state index is -4.64. The smallest absolute Gasteiger partial charge is 0.312 e. The highest BCUT2D eigenvalue weighted by Crippen LogP contribution is 2.33. The van der Waals surface area contributed by atoms with E-state index in [-0.39, 0.29) is 18.0 Å². The number of fused-ring (bicyclic) bond motifs is 1. The van der Waals surface area contributed by atoms with Gasteiger partial charge in [0.2, 0.25) is 5.91 Å². The zero-order valence-corrected chi connectivity index (χ0v) is 14.5. The van der Waals surface area contributed by atoms with Crippen molar-refractivity contribution in [1.29, 1.82) is 0 Å². The molecule has 0 bridgehead atoms. The van der Waals surface area contributed by atoms with Crippen molar-refractivity contribution in [3.8, 4) is 0 Å². The van der Waals surface area contributed by atoms with Gasteiger partial charge in [0.15, 0.2) is 0 Å². The van der Waals surface area contributed by atoms with Crippen molar-refractivity contribution < 1.29 is 26.4 Å². The van der Waals surface area contributed by atoms with Crippen LogP contribution in [0.2, 0.25) is 0 Å². The molecule has 138 valence electrons. The fraction of sp³-hybridized carbons (Fsp3) is 0.235. The number of hydrogen-bond acceptors (Lipinski definition) is 3. The Bertz CT molecular complexity index is 971. The topological polar surface area (TPSA) is 66.5 Å². The molecule has 1 aliphatic heterocycles. The lowest BCUT2D eigenvalue weighted by molar-refractivity contribution is -0.137. The summed E-state index contributed by atoms with van der Waals surface area (Å²) in [7, 11) is -4.19. The van der Waals surface area contributed by atoms with E-state index in [0.29, 0.717) is 23.9 Å². The monoisotopic (exact) mass is 384 g/mol. The van der Waals surface area contributed by atoms with Crippen LogP contribution >= 0.6 is 0 Å². The molecule has 0 fully saturated rings. The number of nitrogens with one attached hydrogen (secondary N) is 1. The average Bonchev–Trinajstić information content (AvgIpc) is 2.88. The maximum atomic E-state index is 12.8. The molecule has 1 aliphatic rings. The van der Waals surface area contributed by atoms with E-state index in [4.69, 9.17) is 0 Å². The number of hydrogen-bond donors (Lipinski definition) is 1. The maximum Gasteiger partial charge on any atom is 0.416 e. The van der Waals surface area contributed by atoms with Crippen molar-refractivity contribution in [3.63, 3.8) is 0 Å². The van der Waals surface area contributed by atoms with Crippen LogP contribution in [0.4, 0.5) is 24.5 Å². The Morgan fingerprint density at radius 3 is 2.54 bits per heavy atom. The number of alkyl halides is 3. The number of anilines is 2. The average molecular weight is 384 g/mol. The quantitative estimate of drug-likeness (QED) is 0.879. The molecule has 0 spiro atoms. The number of benzene rings is 2. The van der Waals surface area contributed by atoms with Gasteiger partial charge in [0, 0.05) is 17.9 Å². The normalized spacial score (nSPS) is 14.5. The van der Waals surface area contributed by atoms with Gasteiger partial charge in [-0.25, -0.2) is 8.42 Å². The second kappa shape index (κ2) is 6.31. The molecule has 5 nitrogen and oxygen atoms in total. The van der Waals surface area contributed by atoms with Gasteiger partial charge in [0.05, 0.1) is 16.9 Å². The molecule has 3 rings (SSSR count). The highest BCUT2D eigenvalue weighted by atomic mass is 32.2. The van der Waals surface area contributed by atoms with Gasteiger partial charge in [-0.3, -0.25) is 9.52 Å². The fourth-order valence-corrected chi connectivity index (χ4v) is 3.94. The molecule has 0 unspecified atom stereocenters. The Labute approximate surface area is 148 Å². The number of nitrogens with zero attached hydrogens (tertiary/aromatic N) is 1. The molecule has 0 radical (unpaired) electrons. The molecule has 1 amide bonds. The third-order valence-electron chi connectivity index (χ3n) is 4.05. The number of halogens is 3. The SMILES string of the molecule is CCN1C(=O)Cc2cc(NS(=O)(=O)c3cccc(C(F)(F)F)c3)ccc21. The van der Waals surface area contributed by atoms with E-state index in [1.54, 1.807) is 11.0 Å². The first-order valence-corrected chi connectivity index (χ1v) is 9.23. The van der Waals surface area contributed by atoms with E-state index in [2.05, 4.69) is 4.72 Å². The van der Waals surface area contributed by atoms with E-state index in [1.165, 1.54) is 12.1 Å². The minimum absolute atomic E-state index is 0.0830. The number of amides is 1. The molecule has 0 aromatic heterocycles. The van der Waals surface area contributed by atoms with Crippen LogP contribution in [0.25, 0.3) is 0 Å². The van der Waals surface area contributed by atoms with Gasteiger partial charge in [0.25, 0.3) is 10.0 Å². The Morgan fingerprint density at radius 2 is 1.88 bits per heavy atom. The largest absolute Gasteiger partial charge is 0.416 e. The van der Waals surface area contributed by atoms with Crippen molar-refractivity contribution in [1.82, 2.24) is 0 Å². The molecule has 2 aromatic rings. The molecule has 0 saturated heterocycles. The Hall–Kier alpha value is -2.55. The van der Waals surface area contributed by atoms with E-state index in [9.17, 15) is 26.4 Å². The number of sulfonamides is 1. The zero-order valence-electron chi connectivity index (χ0n) is 13.7. The van der Waals surface area contributed by atoms with Crippen LogP contribution in [0.3, 0.4) is 0 Å². The van der Waals surface area contributed by atoms with Crippen molar-refractivity contribution in [3.05, 3.63) is 53.6 Å². The van der Waals surface area contributed by atoms with Gasteiger partial charge in [0.1, 0.15) is 0 Å². The first kappa shape index (κ1) is 18.2. The summed E-state index contributed by atoms with van der Waals surface area (Å²) in [5.74, 6) is -0.0830. The summed E-state index contributed by atoms with van der Waals surface area (Å²) >= 11 is 0. The molecule has 0 atom stereocenters. The van der Waals surface area contributed by atoms with Gasteiger partial charge < -0.3 is 4.90 Å². The van der Waals surface area contributed by atoms with Gasteiger partial charge >= 0.3 is 6.18 Å². The highest BCUT2D eigenvalue weighted by molar-refractivity contribution is 7.92. The number of rotatable bonds is 4. The van der Waals surface area contributed by atoms with Crippen LogP contribution < -0.4 is 9.62 Å². The van der Waals surface area contributed by atoms with Gasteiger partial charge in [-0.15, -0.1) is 0 Å². The van der Waals surface area contributed by atoms with Crippen molar-refractivity contribution in [2.24, 2.45) is 0 Å². The molecule has 2 aromatic carbocycles. The van der Waals surface area contributed by atoms with E-state index < -0.39 is 26.7 Å². The third kappa shape index (κ3) is 3.39. The number of carbonyl (C=O) groups is 1. The number of likely N-dealkylation sites (N-methyl/N-ethyl adjacent to an activating group) is 1. The highest BCUT2D eigenvalue weighted by Gasteiger charge is 2.32. The lowest BCUT2D eigenvalue weighted by atomic mass is 10.1. The fourth-order valence-electron chi connectivity index (χ4n) is 2.85. The van der Waals surface area contributed by atoms with Crippen LogP contribution in [0.1, 0.15) is 18.1 Å². The van der Waals surface area contributed by atoms with Gasteiger partial charge in [-0.2, -0.15) is 13.2 Å². The zero-order chi connectivity index (χ0) is 19.1. The molecular weight excluding hydrogens is 369 g/mol. The van der Waals surface area contributed by atoms with E-state index >= 15 is 0 Å². The molecule has 0 saturated carbocycles. The van der Waals surface area contributed by atoms with E-state index in [0.717, 1.165) is 18.2 Å². The molecule has 9 heteroatoms. The predicted molar refractivity (Wildman–Crippen MR) is 90.4 cm³/mol. The summed E-state index contributed by atoms with van der Waals surface area (Å²) in [5.41, 5.74) is 0.519. The first-order chi connectivity index (χ1) is 12.1. The second-order valence-corrected chi connectivity index (χ2v) is 7.47. The number of carbonyl (C=O) groups excluding carboxylic acids is 1. The van der Waals surface area contributed by atoms with Crippen LogP contribution in [-0.2, 0) is 27.4 Å². The van der Waals surface area contributed by atoms with Crippen LogP contribution in [0.15, 0.2) is 47.4 Å². The second-order valence-electron chi connectivity index (χ2n) is 5.79. The standard InChI is InChI=1S/C17H15F3N2O3S/c1-2-22-15-7-6-13(8-11(15)9-16(22)23)21-26(24,25)14-5-3-4-12(10-14)17(18,19)20/h3-8,10,21H,2,9H2,1H3. The van der Waals surface area contributed by atoms with Crippen LogP contribution in [0.5, 0.6) is 0 Å². The molecular formula is C17H15F3N2O3S. The van der Waals surface area contributed by atoms with Crippen molar-refractivity contribution in [2.75, 3.05) is 16.2 Å². The van der Waals surface area contributed by atoms with Gasteiger partial charge in [-0.05, 0) is 48.9 Å². The lowest BCUT2D eigenvalue weighted by Crippen LogP contribution is -2.25. The molecule has 1 N–H and O–H groups in total. The summed E-state index contributed by atoms with van der Waals surface area (Å²) in [5, 5.41) is 0. The van der Waals surface area contributed by atoms with Crippen LogP contribution in [0, 0.1) is 0 Å².